The lowest BCUT2D eigenvalue weighted by molar-refractivity contribution is 0.357. The number of hydrogen-bond donors (Lipinski definition) is 1. The molecule has 0 aliphatic carbocycles. The van der Waals surface area contributed by atoms with Crippen LogP contribution in [0.2, 0.25) is 0 Å². The van der Waals surface area contributed by atoms with Crippen LogP contribution in [0.25, 0.3) is 0 Å². The summed E-state index contributed by atoms with van der Waals surface area (Å²) in [4.78, 5) is 4.49. The summed E-state index contributed by atoms with van der Waals surface area (Å²) in [5.74, 6) is 1.56. The zero-order valence-electron chi connectivity index (χ0n) is 11.5. The van der Waals surface area contributed by atoms with Crippen molar-refractivity contribution in [1.82, 2.24) is 10.1 Å². The second-order valence-corrected chi connectivity index (χ2v) is 4.79. The Balaban J connectivity index is 2.16. The van der Waals surface area contributed by atoms with Crippen LogP contribution in [-0.4, -0.2) is 16.2 Å². The van der Waals surface area contributed by atoms with E-state index < -0.39 is 0 Å². The minimum atomic E-state index is 0.0993. The molecule has 4 heteroatoms. The normalized spacial score (nSPS) is 14.3. The highest BCUT2D eigenvalue weighted by atomic mass is 16.5. The van der Waals surface area contributed by atoms with Gasteiger partial charge in [0, 0.05) is 12.5 Å². The van der Waals surface area contributed by atoms with Gasteiger partial charge in [-0.05, 0) is 18.4 Å². The summed E-state index contributed by atoms with van der Waals surface area (Å²) >= 11 is 0. The molecule has 1 heterocycles. The fourth-order valence-electron chi connectivity index (χ4n) is 2.11. The molecule has 0 aliphatic rings. The lowest BCUT2D eigenvalue weighted by Gasteiger charge is -2.09. The second kappa shape index (κ2) is 6.48. The van der Waals surface area contributed by atoms with E-state index in [4.69, 9.17) is 10.3 Å². The zero-order chi connectivity index (χ0) is 13.7. The minimum absolute atomic E-state index is 0.0993. The summed E-state index contributed by atoms with van der Waals surface area (Å²) in [5.41, 5.74) is 7.12. The molecule has 0 aliphatic heterocycles. The second-order valence-electron chi connectivity index (χ2n) is 4.79. The first-order valence-corrected chi connectivity index (χ1v) is 6.87. The number of aromatic nitrogens is 2. The van der Waals surface area contributed by atoms with E-state index in [1.807, 2.05) is 18.2 Å². The molecule has 1 aromatic carbocycles. The van der Waals surface area contributed by atoms with Crippen LogP contribution >= 0.6 is 0 Å². The Bertz CT molecular complexity index is 495. The molecular weight excluding hydrogens is 238 g/mol. The van der Waals surface area contributed by atoms with Gasteiger partial charge in [-0.1, -0.05) is 49.3 Å². The number of nitrogens with two attached hydrogens (primary N) is 1. The van der Waals surface area contributed by atoms with Crippen LogP contribution in [0.15, 0.2) is 34.9 Å². The van der Waals surface area contributed by atoms with Gasteiger partial charge in [0.1, 0.15) is 0 Å². The Hall–Kier alpha value is -1.68. The molecule has 0 fully saturated rings. The van der Waals surface area contributed by atoms with Crippen molar-refractivity contribution in [3.63, 3.8) is 0 Å². The average Bonchev–Trinajstić information content (AvgIpc) is 2.89. The Morgan fingerprint density at radius 2 is 1.89 bits per heavy atom. The smallest absolute Gasteiger partial charge is 0.234 e. The monoisotopic (exact) mass is 259 g/mol. The number of rotatable bonds is 6. The van der Waals surface area contributed by atoms with Gasteiger partial charge in [0.25, 0.3) is 0 Å². The van der Waals surface area contributed by atoms with Crippen molar-refractivity contribution < 1.29 is 4.52 Å². The molecule has 2 aromatic rings. The van der Waals surface area contributed by atoms with Gasteiger partial charge in [-0.2, -0.15) is 4.98 Å². The van der Waals surface area contributed by atoms with Crippen LogP contribution in [0.5, 0.6) is 0 Å². The van der Waals surface area contributed by atoms with E-state index in [0.717, 1.165) is 12.8 Å². The van der Waals surface area contributed by atoms with Gasteiger partial charge in [-0.15, -0.1) is 0 Å². The molecule has 0 saturated carbocycles. The molecule has 102 valence electrons. The van der Waals surface area contributed by atoms with Crippen LogP contribution in [0, 0.1) is 0 Å². The Morgan fingerprint density at radius 3 is 2.53 bits per heavy atom. The van der Waals surface area contributed by atoms with Crippen LogP contribution in [0.1, 0.15) is 49.9 Å². The van der Waals surface area contributed by atoms with Gasteiger partial charge in [0.2, 0.25) is 5.89 Å². The number of hydrogen-bond acceptors (Lipinski definition) is 4. The van der Waals surface area contributed by atoms with E-state index >= 15 is 0 Å². The number of nitrogens with zero attached hydrogens (tertiary/aromatic N) is 2. The highest BCUT2D eigenvalue weighted by Gasteiger charge is 2.19. The van der Waals surface area contributed by atoms with Crippen molar-refractivity contribution in [2.24, 2.45) is 5.73 Å². The summed E-state index contributed by atoms with van der Waals surface area (Å²) in [6.07, 6.45) is 2.52. The van der Waals surface area contributed by atoms with Crippen molar-refractivity contribution in [2.45, 2.75) is 45.1 Å². The van der Waals surface area contributed by atoms with E-state index in [1.165, 1.54) is 5.56 Å². The van der Waals surface area contributed by atoms with Crippen LogP contribution in [0.4, 0.5) is 0 Å². The highest BCUT2D eigenvalue weighted by Crippen LogP contribution is 2.26. The predicted molar refractivity (Wildman–Crippen MR) is 74.8 cm³/mol. The molecule has 1 aromatic heterocycles. The molecule has 0 bridgehead atoms. The van der Waals surface area contributed by atoms with Crippen molar-refractivity contribution in [2.75, 3.05) is 0 Å². The van der Waals surface area contributed by atoms with Gasteiger partial charge < -0.3 is 10.3 Å². The highest BCUT2D eigenvalue weighted by molar-refractivity contribution is 5.24. The van der Waals surface area contributed by atoms with E-state index in [-0.39, 0.29) is 12.0 Å². The maximum atomic E-state index is 5.91. The van der Waals surface area contributed by atoms with Crippen LogP contribution in [0.3, 0.4) is 0 Å². The molecule has 2 atom stereocenters. The molecule has 0 spiro atoms. The average molecular weight is 259 g/mol. The third-order valence-electron chi connectivity index (χ3n) is 3.36. The molecule has 2 N–H and O–H groups in total. The summed E-state index contributed by atoms with van der Waals surface area (Å²) in [6.45, 7) is 4.18. The van der Waals surface area contributed by atoms with Gasteiger partial charge >= 0.3 is 0 Å². The van der Waals surface area contributed by atoms with E-state index in [9.17, 15) is 0 Å². The standard InChI is InChI=1S/C15H21N3O/c1-3-12(16)10-14-17-15(19-18-14)13(4-2)11-8-6-5-7-9-11/h5-9,12-13H,3-4,10,16H2,1-2H3. The van der Waals surface area contributed by atoms with Crippen molar-refractivity contribution in [1.29, 1.82) is 0 Å². The Morgan fingerprint density at radius 1 is 1.16 bits per heavy atom. The zero-order valence-corrected chi connectivity index (χ0v) is 11.5. The van der Waals surface area contributed by atoms with Crippen molar-refractivity contribution in [3.05, 3.63) is 47.6 Å². The third-order valence-corrected chi connectivity index (χ3v) is 3.36. The first kappa shape index (κ1) is 13.7. The summed E-state index contributed by atoms with van der Waals surface area (Å²) in [6, 6.07) is 10.4. The van der Waals surface area contributed by atoms with Gasteiger partial charge in [-0.3, -0.25) is 0 Å². The molecule has 0 amide bonds. The molecule has 19 heavy (non-hydrogen) atoms. The van der Waals surface area contributed by atoms with Gasteiger partial charge in [0.15, 0.2) is 5.82 Å². The fraction of sp³-hybridized carbons (Fsp3) is 0.467. The summed E-state index contributed by atoms with van der Waals surface area (Å²) in [7, 11) is 0. The van der Waals surface area contributed by atoms with Crippen LogP contribution in [-0.2, 0) is 6.42 Å². The van der Waals surface area contributed by atoms with E-state index in [1.54, 1.807) is 0 Å². The molecule has 2 unspecified atom stereocenters. The fourth-order valence-corrected chi connectivity index (χ4v) is 2.11. The van der Waals surface area contributed by atoms with Crippen molar-refractivity contribution >= 4 is 0 Å². The quantitative estimate of drug-likeness (QED) is 0.866. The van der Waals surface area contributed by atoms with Gasteiger partial charge in [0.05, 0.1) is 5.92 Å². The SMILES string of the molecule is CCC(N)Cc1noc(C(CC)c2ccccc2)n1. The lowest BCUT2D eigenvalue weighted by atomic mass is 9.96. The molecule has 2 rings (SSSR count). The lowest BCUT2D eigenvalue weighted by Crippen LogP contribution is -2.22. The van der Waals surface area contributed by atoms with Gasteiger partial charge in [-0.25, -0.2) is 0 Å². The summed E-state index contributed by atoms with van der Waals surface area (Å²) in [5, 5.41) is 4.03. The maximum Gasteiger partial charge on any atom is 0.234 e. The molecule has 0 radical (unpaired) electrons. The molecule has 4 nitrogen and oxygen atoms in total. The molecule has 0 saturated heterocycles. The molecular formula is C15H21N3O. The third kappa shape index (κ3) is 3.41. The van der Waals surface area contributed by atoms with Crippen LogP contribution < -0.4 is 5.73 Å². The topological polar surface area (TPSA) is 64.9 Å². The number of benzene rings is 1. The predicted octanol–water partition coefficient (Wildman–Crippen LogP) is 2.89. The first-order chi connectivity index (χ1) is 9.24. The largest absolute Gasteiger partial charge is 0.339 e. The van der Waals surface area contributed by atoms with E-state index in [2.05, 4.69) is 36.1 Å². The first-order valence-electron chi connectivity index (χ1n) is 6.87. The Labute approximate surface area is 114 Å². The van der Waals surface area contributed by atoms with Crippen molar-refractivity contribution in [3.8, 4) is 0 Å². The minimum Gasteiger partial charge on any atom is -0.339 e. The maximum absolute atomic E-state index is 5.91. The summed E-state index contributed by atoms with van der Waals surface area (Å²) < 4.78 is 5.40. The Kier molecular flexibility index (Phi) is 4.68. The van der Waals surface area contributed by atoms with E-state index in [0.29, 0.717) is 18.1 Å².